The topological polar surface area (TPSA) is 66.7 Å². The lowest BCUT2D eigenvalue weighted by Gasteiger charge is -2.33. The molecule has 2 aromatic carbocycles. The van der Waals surface area contributed by atoms with Crippen LogP contribution in [0, 0.1) is 27.8 Å². The Bertz CT molecular complexity index is 928. The molecule has 2 unspecified atom stereocenters. The van der Waals surface area contributed by atoms with Gasteiger partial charge >= 0.3 is 0 Å². The maximum atomic E-state index is 13.5. The van der Waals surface area contributed by atoms with Crippen LogP contribution in [0.2, 0.25) is 0 Å². The summed E-state index contributed by atoms with van der Waals surface area (Å²) in [5.41, 5.74) is 2.16. The van der Waals surface area contributed by atoms with Gasteiger partial charge < -0.3 is 4.90 Å². The molecule has 1 fully saturated rings. The van der Waals surface area contributed by atoms with Gasteiger partial charge in [0.1, 0.15) is 5.82 Å². The maximum Gasteiger partial charge on any atom is 0.269 e. The molecule has 32 heavy (non-hydrogen) atoms. The minimum absolute atomic E-state index is 0.0701. The van der Waals surface area contributed by atoms with Gasteiger partial charge in [0.2, 0.25) is 5.91 Å². The molecular formula is C25H32FN3O3. The summed E-state index contributed by atoms with van der Waals surface area (Å²) in [6.07, 6.45) is 0. The highest BCUT2D eigenvalue weighted by atomic mass is 19.1. The second kappa shape index (κ2) is 10.2. The fourth-order valence-corrected chi connectivity index (χ4v) is 4.48. The van der Waals surface area contributed by atoms with Crippen molar-refractivity contribution in [2.24, 2.45) is 11.8 Å². The van der Waals surface area contributed by atoms with Crippen molar-refractivity contribution in [3.63, 3.8) is 0 Å². The van der Waals surface area contributed by atoms with Gasteiger partial charge in [0.15, 0.2) is 0 Å². The van der Waals surface area contributed by atoms with E-state index in [1.165, 1.54) is 24.3 Å². The average molecular weight is 442 g/mol. The van der Waals surface area contributed by atoms with Gasteiger partial charge in [-0.2, -0.15) is 0 Å². The van der Waals surface area contributed by atoms with Crippen molar-refractivity contribution in [2.75, 3.05) is 19.6 Å². The molecule has 1 aliphatic rings. The number of rotatable bonds is 8. The predicted octanol–water partition coefficient (Wildman–Crippen LogP) is 4.84. The highest BCUT2D eigenvalue weighted by Crippen LogP contribution is 2.35. The van der Waals surface area contributed by atoms with Crippen LogP contribution in [0.4, 0.5) is 10.1 Å². The van der Waals surface area contributed by atoms with Crippen LogP contribution in [0.3, 0.4) is 0 Å². The first kappa shape index (κ1) is 23.9. The Balaban J connectivity index is 1.81. The number of nitro benzene ring substituents is 1. The molecule has 0 radical (unpaired) electrons. The fraction of sp³-hybridized carbons (Fsp3) is 0.480. The van der Waals surface area contributed by atoms with E-state index in [1.54, 1.807) is 12.1 Å². The molecule has 1 amide bonds. The second-order valence-corrected chi connectivity index (χ2v) is 9.27. The Morgan fingerprint density at radius 2 is 1.72 bits per heavy atom. The number of likely N-dealkylation sites (tertiary alicyclic amines) is 1. The Hall–Kier alpha value is -2.80. The first-order chi connectivity index (χ1) is 15.2. The molecular weight excluding hydrogens is 409 g/mol. The highest BCUT2D eigenvalue weighted by Gasteiger charge is 2.36. The normalized spacial score (nSPS) is 19.0. The zero-order chi connectivity index (χ0) is 23.4. The number of carbonyl (C=O) groups excluding carboxylic acids is 1. The summed E-state index contributed by atoms with van der Waals surface area (Å²) in [6, 6.07) is 13.4. The molecule has 0 saturated carbocycles. The van der Waals surface area contributed by atoms with Gasteiger partial charge in [0.05, 0.1) is 4.92 Å². The van der Waals surface area contributed by atoms with E-state index in [2.05, 4.69) is 4.90 Å². The quantitative estimate of drug-likeness (QED) is 0.434. The molecule has 1 saturated heterocycles. The zero-order valence-corrected chi connectivity index (χ0v) is 19.2. The average Bonchev–Trinajstić information content (AvgIpc) is 3.14. The number of hydrogen-bond donors (Lipinski definition) is 0. The number of nitrogens with zero attached hydrogens (tertiary/aromatic N) is 3. The van der Waals surface area contributed by atoms with Gasteiger partial charge in [-0.3, -0.25) is 19.8 Å². The Kier molecular flexibility index (Phi) is 7.61. The SMILES string of the molecule is CC(C)C(=O)N(CC1CN(Cc2ccc([N+](=O)[O-])cc2)CC1c1ccc(F)cc1)C(C)C. The predicted molar refractivity (Wildman–Crippen MR) is 123 cm³/mol. The van der Waals surface area contributed by atoms with Crippen molar-refractivity contribution < 1.29 is 14.1 Å². The molecule has 0 aliphatic carbocycles. The zero-order valence-electron chi connectivity index (χ0n) is 19.2. The summed E-state index contributed by atoms with van der Waals surface area (Å²) >= 11 is 0. The molecule has 0 bridgehead atoms. The van der Waals surface area contributed by atoms with Crippen LogP contribution in [0.25, 0.3) is 0 Å². The third kappa shape index (κ3) is 5.71. The summed E-state index contributed by atoms with van der Waals surface area (Å²) in [7, 11) is 0. The fourth-order valence-electron chi connectivity index (χ4n) is 4.48. The smallest absolute Gasteiger partial charge is 0.269 e. The molecule has 172 valence electrons. The van der Waals surface area contributed by atoms with Crippen LogP contribution >= 0.6 is 0 Å². The minimum Gasteiger partial charge on any atom is -0.340 e. The Morgan fingerprint density at radius 1 is 1.09 bits per heavy atom. The molecule has 0 spiro atoms. The number of nitro groups is 1. The van der Waals surface area contributed by atoms with Crippen molar-refractivity contribution in [3.05, 3.63) is 75.6 Å². The van der Waals surface area contributed by atoms with Crippen LogP contribution in [0.5, 0.6) is 0 Å². The van der Waals surface area contributed by atoms with Crippen LogP contribution in [0.15, 0.2) is 48.5 Å². The summed E-state index contributed by atoms with van der Waals surface area (Å²) in [5.74, 6) is 0.203. The number of amides is 1. The van der Waals surface area contributed by atoms with E-state index in [9.17, 15) is 19.3 Å². The third-order valence-corrected chi connectivity index (χ3v) is 6.20. The van der Waals surface area contributed by atoms with Gasteiger partial charge in [0.25, 0.3) is 5.69 Å². The largest absolute Gasteiger partial charge is 0.340 e. The summed E-state index contributed by atoms with van der Waals surface area (Å²) in [6.45, 7) is 10.8. The first-order valence-electron chi connectivity index (χ1n) is 11.2. The lowest BCUT2D eigenvalue weighted by molar-refractivity contribution is -0.384. The Morgan fingerprint density at radius 3 is 2.25 bits per heavy atom. The number of hydrogen-bond acceptors (Lipinski definition) is 4. The van der Waals surface area contributed by atoms with Crippen molar-refractivity contribution in [2.45, 2.75) is 46.2 Å². The summed E-state index contributed by atoms with van der Waals surface area (Å²) in [5, 5.41) is 10.9. The van der Waals surface area contributed by atoms with E-state index in [1.807, 2.05) is 44.7 Å². The van der Waals surface area contributed by atoms with E-state index in [-0.39, 0.29) is 41.2 Å². The van der Waals surface area contributed by atoms with E-state index < -0.39 is 4.92 Å². The lowest BCUT2D eigenvalue weighted by Crippen LogP contribution is -2.43. The number of halogens is 1. The molecule has 3 rings (SSSR count). The number of non-ortho nitro benzene ring substituents is 1. The first-order valence-corrected chi connectivity index (χ1v) is 11.2. The van der Waals surface area contributed by atoms with Gasteiger partial charge in [0, 0.05) is 56.2 Å². The summed E-state index contributed by atoms with van der Waals surface area (Å²) < 4.78 is 13.5. The molecule has 7 heteroatoms. The van der Waals surface area contributed by atoms with Gasteiger partial charge in [-0.25, -0.2) is 4.39 Å². The standard InChI is InChI=1S/C25H32FN3O3/c1-17(2)25(30)28(18(3)4)15-21-14-27(13-19-5-11-23(12-6-19)29(31)32)16-24(21)20-7-9-22(26)10-8-20/h5-12,17-18,21,24H,13-16H2,1-4H3. The minimum atomic E-state index is -0.396. The van der Waals surface area contributed by atoms with Crippen molar-refractivity contribution in [1.82, 2.24) is 9.80 Å². The maximum absolute atomic E-state index is 13.5. The van der Waals surface area contributed by atoms with E-state index >= 15 is 0 Å². The highest BCUT2D eigenvalue weighted by molar-refractivity contribution is 5.78. The van der Waals surface area contributed by atoms with Crippen LogP contribution < -0.4 is 0 Å². The van der Waals surface area contributed by atoms with Crippen molar-refractivity contribution >= 4 is 11.6 Å². The van der Waals surface area contributed by atoms with E-state index in [4.69, 9.17) is 0 Å². The van der Waals surface area contributed by atoms with Crippen LogP contribution in [-0.2, 0) is 11.3 Å². The molecule has 0 aromatic heterocycles. The second-order valence-electron chi connectivity index (χ2n) is 9.27. The van der Waals surface area contributed by atoms with Crippen molar-refractivity contribution in [1.29, 1.82) is 0 Å². The monoisotopic (exact) mass is 441 g/mol. The molecule has 6 nitrogen and oxygen atoms in total. The van der Waals surface area contributed by atoms with Crippen LogP contribution in [-0.4, -0.2) is 46.3 Å². The van der Waals surface area contributed by atoms with Crippen molar-refractivity contribution in [3.8, 4) is 0 Å². The molecule has 2 atom stereocenters. The Labute approximate surface area is 189 Å². The molecule has 0 N–H and O–H groups in total. The molecule has 1 aliphatic heterocycles. The molecule has 2 aromatic rings. The summed E-state index contributed by atoms with van der Waals surface area (Å²) in [4.78, 5) is 27.6. The van der Waals surface area contributed by atoms with E-state index in [0.29, 0.717) is 13.1 Å². The number of benzene rings is 2. The van der Waals surface area contributed by atoms with Crippen LogP contribution in [0.1, 0.15) is 44.7 Å². The van der Waals surface area contributed by atoms with Gasteiger partial charge in [-0.15, -0.1) is 0 Å². The van der Waals surface area contributed by atoms with Gasteiger partial charge in [-0.05, 0) is 43.0 Å². The lowest BCUT2D eigenvalue weighted by atomic mass is 9.88. The third-order valence-electron chi connectivity index (χ3n) is 6.20. The van der Waals surface area contributed by atoms with Gasteiger partial charge in [-0.1, -0.05) is 38.1 Å². The van der Waals surface area contributed by atoms with E-state index in [0.717, 1.165) is 24.2 Å². The molecule has 1 heterocycles. The number of carbonyl (C=O) groups is 1.